The second-order valence-corrected chi connectivity index (χ2v) is 5.15. The molecule has 15 heavy (non-hydrogen) atoms. The minimum atomic E-state index is -3.67. The van der Waals surface area contributed by atoms with Gasteiger partial charge < -0.3 is 4.74 Å². The average molecular weight is 228 g/mol. The van der Waals surface area contributed by atoms with Crippen molar-refractivity contribution in [1.82, 2.24) is 0 Å². The van der Waals surface area contributed by atoms with Gasteiger partial charge in [0, 0.05) is 0 Å². The largest absolute Gasteiger partial charge is 0.341 e. The van der Waals surface area contributed by atoms with Crippen LogP contribution < -0.4 is 0 Å². The smallest absolute Gasteiger partial charge is 0.299 e. The van der Waals surface area contributed by atoms with Crippen LogP contribution in [0.4, 0.5) is 0 Å². The summed E-state index contributed by atoms with van der Waals surface area (Å²) in [6.45, 7) is 3.65. The second kappa shape index (κ2) is 3.59. The fourth-order valence-corrected chi connectivity index (χ4v) is 2.18. The van der Waals surface area contributed by atoms with Crippen molar-refractivity contribution >= 4 is 10.1 Å². The van der Waals surface area contributed by atoms with E-state index in [1.165, 1.54) is 12.1 Å². The topological polar surface area (TPSA) is 55.9 Å². The summed E-state index contributed by atoms with van der Waals surface area (Å²) in [5.74, 6) is 0. The number of ether oxygens (including phenoxy) is 1. The van der Waals surface area contributed by atoms with E-state index in [9.17, 15) is 8.42 Å². The molecule has 1 saturated heterocycles. The summed E-state index contributed by atoms with van der Waals surface area (Å²) in [6, 6.07) is 6.51. The van der Waals surface area contributed by atoms with E-state index in [4.69, 9.17) is 8.92 Å². The zero-order valence-corrected chi connectivity index (χ0v) is 9.32. The molecular formula is C10H12O4S. The maximum atomic E-state index is 11.6. The average Bonchev–Trinajstić information content (AvgIpc) is 2.81. The van der Waals surface area contributed by atoms with E-state index in [0.717, 1.165) is 5.56 Å². The molecule has 1 unspecified atom stereocenters. The van der Waals surface area contributed by atoms with Crippen LogP contribution >= 0.6 is 0 Å². The Labute approximate surface area is 88.9 Å². The van der Waals surface area contributed by atoms with Crippen LogP contribution in [0.3, 0.4) is 0 Å². The van der Waals surface area contributed by atoms with Crippen molar-refractivity contribution in [3.63, 3.8) is 0 Å². The minimum absolute atomic E-state index is 0.134. The molecule has 0 radical (unpaired) electrons. The van der Waals surface area contributed by atoms with Gasteiger partial charge >= 0.3 is 0 Å². The number of aryl methyl sites for hydroxylation is 1. The van der Waals surface area contributed by atoms with Gasteiger partial charge in [-0.15, -0.1) is 0 Å². The molecular weight excluding hydrogens is 216 g/mol. The molecule has 0 amide bonds. The predicted octanol–water partition coefficient (Wildman–Crippen LogP) is 1.45. The van der Waals surface area contributed by atoms with Crippen LogP contribution in [0.15, 0.2) is 29.2 Å². The van der Waals surface area contributed by atoms with Crippen molar-refractivity contribution in [2.24, 2.45) is 0 Å². The molecule has 2 atom stereocenters. The Kier molecular flexibility index (Phi) is 2.54. The number of benzene rings is 1. The first-order valence-corrected chi connectivity index (χ1v) is 6.05. The van der Waals surface area contributed by atoms with Gasteiger partial charge in [0.05, 0.1) is 4.90 Å². The first kappa shape index (κ1) is 10.6. The predicted molar refractivity (Wildman–Crippen MR) is 53.8 cm³/mol. The van der Waals surface area contributed by atoms with Crippen molar-refractivity contribution in [3.05, 3.63) is 29.8 Å². The Balaban J connectivity index is 2.18. The molecule has 2 rings (SSSR count). The van der Waals surface area contributed by atoms with Crippen molar-refractivity contribution in [3.8, 4) is 0 Å². The molecule has 82 valence electrons. The quantitative estimate of drug-likeness (QED) is 0.580. The molecule has 0 bridgehead atoms. The van der Waals surface area contributed by atoms with Crippen LogP contribution in [0.5, 0.6) is 0 Å². The summed E-state index contributed by atoms with van der Waals surface area (Å²) in [6.07, 6.45) is -0.749. The molecule has 0 aliphatic carbocycles. The normalized spacial score (nSPS) is 25.2. The Morgan fingerprint density at radius 3 is 2.27 bits per heavy atom. The van der Waals surface area contributed by atoms with Gasteiger partial charge in [0.15, 0.2) is 0 Å². The van der Waals surface area contributed by atoms with Gasteiger partial charge in [0.25, 0.3) is 10.1 Å². The molecule has 1 heterocycles. The Morgan fingerprint density at radius 1 is 1.27 bits per heavy atom. The molecule has 4 nitrogen and oxygen atoms in total. The Morgan fingerprint density at radius 2 is 1.80 bits per heavy atom. The first-order chi connectivity index (χ1) is 6.99. The van der Waals surface area contributed by atoms with Crippen LogP contribution in [0.25, 0.3) is 0 Å². The van der Waals surface area contributed by atoms with Gasteiger partial charge in [-0.3, -0.25) is 0 Å². The SMILES string of the molecule is Cc1ccc(S(=O)(=O)OC2O[C@@H]2C)cc1. The lowest BCUT2D eigenvalue weighted by Gasteiger charge is -2.02. The van der Waals surface area contributed by atoms with Crippen LogP contribution in [0.2, 0.25) is 0 Å². The van der Waals surface area contributed by atoms with E-state index in [1.54, 1.807) is 19.1 Å². The summed E-state index contributed by atoms with van der Waals surface area (Å²) in [5.41, 5.74) is 1.00. The Bertz CT molecular complexity index is 449. The van der Waals surface area contributed by atoms with Gasteiger partial charge in [-0.25, -0.2) is 4.18 Å². The zero-order chi connectivity index (χ0) is 11.1. The lowest BCUT2D eigenvalue weighted by atomic mass is 10.2. The maximum absolute atomic E-state index is 11.6. The van der Waals surface area contributed by atoms with E-state index >= 15 is 0 Å². The number of hydrogen-bond donors (Lipinski definition) is 0. The van der Waals surface area contributed by atoms with Crippen LogP contribution in [-0.2, 0) is 19.0 Å². The summed E-state index contributed by atoms with van der Waals surface area (Å²) >= 11 is 0. The van der Waals surface area contributed by atoms with Crippen LogP contribution in [0.1, 0.15) is 12.5 Å². The van der Waals surface area contributed by atoms with Crippen LogP contribution in [-0.4, -0.2) is 20.8 Å². The third-order valence-electron chi connectivity index (χ3n) is 2.19. The molecule has 1 aliphatic heterocycles. The highest BCUT2D eigenvalue weighted by Crippen LogP contribution is 2.27. The Hall–Kier alpha value is -0.910. The van der Waals surface area contributed by atoms with E-state index in [1.807, 2.05) is 6.92 Å². The minimum Gasteiger partial charge on any atom is -0.341 e. The summed E-state index contributed by atoms with van der Waals surface area (Å²) in [5, 5.41) is 0. The maximum Gasteiger partial charge on any atom is 0.299 e. The standard InChI is InChI=1S/C10H12O4S/c1-7-3-5-9(6-4-7)15(11,12)14-10-8(2)13-10/h3-6,8,10H,1-2H3/t8-,10?/m1/s1. The van der Waals surface area contributed by atoms with Gasteiger partial charge in [-0.2, -0.15) is 8.42 Å². The number of epoxide rings is 1. The fourth-order valence-electron chi connectivity index (χ4n) is 1.15. The summed E-state index contributed by atoms with van der Waals surface area (Å²) in [7, 11) is -3.67. The van der Waals surface area contributed by atoms with Crippen molar-refractivity contribution in [1.29, 1.82) is 0 Å². The van der Waals surface area contributed by atoms with E-state index in [0.29, 0.717) is 0 Å². The third kappa shape index (κ3) is 2.37. The molecule has 1 aromatic rings. The molecule has 0 N–H and O–H groups in total. The summed E-state index contributed by atoms with van der Waals surface area (Å²) in [4.78, 5) is 0.163. The van der Waals surface area contributed by atoms with E-state index in [-0.39, 0.29) is 11.0 Å². The third-order valence-corrected chi connectivity index (χ3v) is 3.48. The highest BCUT2D eigenvalue weighted by Gasteiger charge is 2.40. The van der Waals surface area contributed by atoms with E-state index < -0.39 is 16.4 Å². The van der Waals surface area contributed by atoms with Crippen molar-refractivity contribution in [2.45, 2.75) is 31.1 Å². The molecule has 1 aliphatic rings. The lowest BCUT2D eigenvalue weighted by Crippen LogP contribution is -2.09. The number of rotatable bonds is 3. The first-order valence-electron chi connectivity index (χ1n) is 4.64. The van der Waals surface area contributed by atoms with Crippen molar-refractivity contribution < 1.29 is 17.3 Å². The fraction of sp³-hybridized carbons (Fsp3) is 0.400. The highest BCUT2D eigenvalue weighted by atomic mass is 32.2. The van der Waals surface area contributed by atoms with Gasteiger partial charge in [-0.1, -0.05) is 17.7 Å². The van der Waals surface area contributed by atoms with Crippen LogP contribution in [0, 0.1) is 6.92 Å². The molecule has 0 saturated carbocycles. The summed E-state index contributed by atoms with van der Waals surface area (Å²) < 4.78 is 33.0. The lowest BCUT2D eigenvalue weighted by molar-refractivity contribution is 0.185. The monoisotopic (exact) mass is 228 g/mol. The van der Waals surface area contributed by atoms with Gasteiger partial charge in [0.2, 0.25) is 6.29 Å². The molecule has 1 fully saturated rings. The highest BCUT2D eigenvalue weighted by molar-refractivity contribution is 7.86. The van der Waals surface area contributed by atoms with E-state index in [2.05, 4.69) is 0 Å². The molecule has 5 heteroatoms. The molecule has 0 spiro atoms. The second-order valence-electron chi connectivity index (χ2n) is 3.57. The molecule has 1 aromatic carbocycles. The van der Waals surface area contributed by atoms with Gasteiger partial charge in [0.1, 0.15) is 6.10 Å². The van der Waals surface area contributed by atoms with Crippen molar-refractivity contribution in [2.75, 3.05) is 0 Å². The van der Waals surface area contributed by atoms with Gasteiger partial charge in [-0.05, 0) is 26.0 Å². The zero-order valence-electron chi connectivity index (χ0n) is 8.51. The molecule has 0 aromatic heterocycles. The number of hydrogen-bond acceptors (Lipinski definition) is 4.